The Labute approximate surface area is 183 Å². The quantitative estimate of drug-likeness (QED) is 0.442. The highest BCUT2D eigenvalue weighted by atomic mass is 19.1. The molecule has 0 spiro atoms. The van der Waals surface area contributed by atoms with E-state index in [9.17, 15) is 9.18 Å². The molecule has 0 aromatic carbocycles. The van der Waals surface area contributed by atoms with Crippen molar-refractivity contribution in [3.05, 3.63) is 36.7 Å². The molecule has 0 aliphatic heterocycles. The number of rotatable bonds is 5. The molecule has 9 nitrogen and oxygen atoms in total. The second-order valence-corrected chi connectivity index (χ2v) is 8.10. The van der Waals surface area contributed by atoms with Crippen LogP contribution in [-0.4, -0.2) is 49.4 Å². The third kappa shape index (κ3) is 3.72. The molecule has 4 heterocycles. The zero-order chi connectivity index (χ0) is 22.2. The lowest BCUT2D eigenvalue weighted by atomic mass is 9.91. The van der Waals surface area contributed by atoms with E-state index in [0.29, 0.717) is 23.1 Å². The Hall–Kier alpha value is -3.69. The topological polar surface area (TPSA) is 109 Å². The minimum absolute atomic E-state index is 0.0115. The summed E-state index contributed by atoms with van der Waals surface area (Å²) in [5.41, 5.74) is 2.77. The van der Waals surface area contributed by atoms with E-state index in [4.69, 9.17) is 4.74 Å². The molecule has 166 valence electrons. The fourth-order valence-corrected chi connectivity index (χ4v) is 4.40. The molecule has 1 amide bonds. The summed E-state index contributed by atoms with van der Waals surface area (Å²) >= 11 is 0. The first-order chi connectivity index (χ1) is 15.5. The summed E-state index contributed by atoms with van der Waals surface area (Å²) in [5.74, 6) is 0.510. The van der Waals surface area contributed by atoms with Gasteiger partial charge in [0.25, 0.3) is 0 Å². The van der Waals surface area contributed by atoms with Gasteiger partial charge in [0.05, 0.1) is 18.7 Å². The van der Waals surface area contributed by atoms with Crippen LogP contribution in [-0.2, 0) is 4.79 Å². The number of fused-ring (bicyclic) bond motifs is 2. The number of ether oxygens (including phenoxy) is 1. The predicted molar refractivity (Wildman–Crippen MR) is 118 cm³/mol. The Balaban J connectivity index is 1.41. The van der Waals surface area contributed by atoms with Gasteiger partial charge in [0, 0.05) is 42.5 Å². The number of nitrogens with one attached hydrogen (secondary N) is 3. The highest BCUT2D eigenvalue weighted by Gasteiger charge is 2.23. The van der Waals surface area contributed by atoms with Crippen LogP contribution in [0.4, 0.5) is 10.3 Å². The maximum Gasteiger partial charge on any atom is 0.228 e. The van der Waals surface area contributed by atoms with Crippen LogP contribution in [0.3, 0.4) is 0 Å². The van der Waals surface area contributed by atoms with E-state index in [-0.39, 0.29) is 18.0 Å². The summed E-state index contributed by atoms with van der Waals surface area (Å²) in [4.78, 5) is 27.7. The molecule has 0 bridgehead atoms. The number of pyridine rings is 1. The second kappa shape index (κ2) is 8.10. The highest BCUT2D eigenvalue weighted by molar-refractivity contribution is 5.97. The molecule has 1 fully saturated rings. The Kier molecular flexibility index (Phi) is 5.12. The van der Waals surface area contributed by atoms with Gasteiger partial charge in [-0.1, -0.05) is 0 Å². The third-order valence-corrected chi connectivity index (χ3v) is 5.93. The maximum atomic E-state index is 14.0. The molecule has 4 aromatic rings. The number of nitrogens with zero attached hydrogens (tertiary/aromatic N) is 4. The maximum absolute atomic E-state index is 14.0. The molecule has 0 atom stereocenters. The van der Waals surface area contributed by atoms with Gasteiger partial charge >= 0.3 is 0 Å². The molecular weight excluding hydrogens is 413 g/mol. The number of anilines is 1. The normalized spacial score (nSPS) is 18.7. The third-order valence-electron chi connectivity index (χ3n) is 5.93. The van der Waals surface area contributed by atoms with E-state index >= 15 is 0 Å². The largest absolute Gasteiger partial charge is 0.480 e. The summed E-state index contributed by atoms with van der Waals surface area (Å²) < 4.78 is 21.0. The molecule has 32 heavy (non-hydrogen) atoms. The van der Waals surface area contributed by atoms with Gasteiger partial charge in [-0.15, -0.1) is 0 Å². The van der Waals surface area contributed by atoms with Gasteiger partial charge in [0.15, 0.2) is 0 Å². The number of amides is 1. The van der Waals surface area contributed by atoms with Gasteiger partial charge in [-0.05, 0) is 37.8 Å². The molecule has 10 heteroatoms. The molecule has 0 radical (unpaired) electrons. The van der Waals surface area contributed by atoms with E-state index in [1.165, 1.54) is 10.6 Å². The van der Waals surface area contributed by atoms with Gasteiger partial charge in [0.1, 0.15) is 11.3 Å². The number of hydrogen-bond acceptors (Lipinski definition) is 6. The Morgan fingerprint density at radius 3 is 2.75 bits per heavy atom. The lowest BCUT2D eigenvalue weighted by molar-refractivity contribution is -0.119. The fraction of sp³-hybridized carbons (Fsp3) is 0.364. The number of halogens is 1. The summed E-state index contributed by atoms with van der Waals surface area (Å²) in [6, 6.07) is 4.09. The van der Waals surface area contributed by atoms with Crippen molar-refractivity contribution < 1.29 is 13.9 Å². The SMILES string of the molecule is COc1nc(N[C@H]2CC[C@@H](NC(C)=O)CC2)nc2[nH]cc(-c3ccc4ncc(F)n4c3)c12. The van der Waals surface area contributed by atoms with Crippen LogP contribution in [0.25, 0.3) is 27.8 Å². The minimum Gasteiger partial charge on any atom is -0.480 e. The lowest BCUT2D eigenvalue weighted by Crippen LogP contribution is -2.39. The second-order valence-electron chi connectivity index (χ2n) is 8.10. The summed E-state index contributed by atoms with van der Waals surface area (Å²) in [6.07, 6.45) is 8.37. The highest BCUT2D eigenvalue weighted by Crippen LogP contribution is 2.35. The number of aromatic nitrogens is 5. The predicted octanol–water partition coefficient (Wildman–Crippen LogP) is 3.28. The van der Waals surface area contributed by atoms with Crippen molar-refractivity contribution in [2.75, 3.05) is 12.4 Å². The van der Waals surface area contributed by atoms with Gasteiger partial charge < -0.3 is 20.4 Å². The molecule has 3 N–H and O–H groups in total. The standard InChI is InChI=1S/C22H24FN7O2/c1-12(31)26-14-4-6-15(7-5-14)27-22-28-20-19(21(29-22)32-2)16(9-25-20)13-3-8-18-24-10-17(23)30(18)11-13/h3,8-11,14-15H,4-7H2,1-2H3,(H,26,31)(H2,25,27,28,29)/t14-,15+. The van der Waals surface area contributed by atoms with Crippen molar-refractivity contribution in [3.8, 4) is 17.0 Å². The smallest absolute Gasteiger partial charge is 0.228 e. The van der Waals surface area contributed by atoms with Crippen LogP contribution in [0.15, 0.2) is 30.7 Å². The Morgan fingerprint density at radius 1 is 1.22 bits per heavy atom. The van der Waals surface area contributed by atoms with Crippen LogP contribution < -0.4 is 15.4 Å². The monoisotopic (exact) mass is 437 g/mol. The first kappa shape index (κ1) is 20.2. The van der Waals surface area contributed by atoms with Crippen LogP contribution >= 0.6 is 0 Å². The van der Waals surface area contributed by atoms with Crippen molar-refractivity contribution >= 4 is 28.5 Å². The number of H-pyrrole nitrogens is 1. The van der Waals surface area contributed by atoms with E-state index in [1.54, 1.807) is 26.3 Å². The van der Waals surface area contributed by atoms with E-state index in [0.717, 1.165) is 42.2 Å². The zero-order valence-electron chi connectivity index (χ0n) is 17.9. The minimum atomic E-state index is -0.426. The van der Waals surface area contributed by atoms with Gasteiger partial charge in [-0.2, -0.15) is 14.4 Å². The van der Waals surface area contributed by atoms with E-state index < -0.39 is 5.95 Å². The molecule has 1 aliphatic rings. The average Bonchev–Trinajstić information content (AvgIpc) is 3.37. The first-order valence-corrected chi connectivity index (χ1v) is 10.6. The molecule has 1 saturated carbocycles. The number of carbonyl (C=O) groups excluding carboxylic acids is 1. The van der Waals surface area contributed by atoms with Crippen LogP contribution in [0, 0.1) is 5.95 Å². The van der Waals surface area contributed by atoms with E-state index in [1.807, 2.05) is 12.3 Å². The molecule has 1 aliphatic carbocycles. The van der Waals surface area contributed by atoms with Gasteiger partial charge in [-0.3, -0.25) is 9.20 Å². The number of methoxy groups -OCH3 is 1. The van der Waals surface area contributed by atoms with Crippen molar-refractivity contribution in [2.45, 2.75) is 44.7 Å². The van der Waals surface area contributed by atoms with E-state index in [2.05, 4.69) is 30.6 Å². The summed E-state index contributed by atoms with van der Waals surface area (Å²) in [5, 5.41) is 7.12. The van der Waals surface area contributed by atoms with Gasteiger partial charge in [-0.25, -0.2) is 4.98 Å². The zero-order valence-corrected chi connectivity index (χ0v) is 17.9. The molecular formula is C22H24FN7O2. The molecule has 0 saturated heterocycles. The lowest BCUT2D eigenvalue weighted by Gasteiger charge is -2.29. The number of imidazole rings is 1. The number of hydrogen-bond donors (Lipinski definition) is 3. The van der Waals surface area contributed by atoms with Gasteiger partial charge in [0.2, 0.25) is 23.7 Å². The van der Waals surface area contributed by atoms with Crippen molar-refractivity contribution in [1.29, 1.82) is 0 Å². The Bertz CT molecular complexity index is 1290. The molecule has 4 aromatic heterocycles. The van der Waals surface area contributed by atoms with Crippen molar-refractivity contribution in [3.63, 3.8) is 0 Å². The number of aromatic amines is 1. The molecule has 0 unspecified atom stereocenters. The van der Waals surface area contributed by atoms with Crippen LogP contribution in [0.1, 0.15) is 32.6 Å². The average molecular weight is 437 g/mol. The van der Waals surface area contributed by atoms with Crippen molar-refractivity contribution in [2.24, 2.45) is 0 Å². The van der Waals surface area contributed by atoms with Crippen LogP contribution in [0.2, 0.25) is 0 Å². The first-order valence-electron chi connectivity index (χ1n) is 10.6. The molecule has 5 rings (SSSR count). The van der Waals surface area contributed by atoms with Crippen molar-refractivity contribution in [1.82, 2.24) is 29.7 Å². The Morgan fingerprint density at radius 2 is 2.00 bits per heavy atom. The summed E-state index contributed by atoms with van der Waals surface area (Å²) in [6.45, 7) is 1.55. The summed E-state index contributed by atoms with van der Waals surface area (Å²) in [7, 11) is 1.57. The fourth-order valence-electron chi connectivity index (χ4n) is 4.40. The number of carbonyl (C=O) groups is 1. The van der Waals surface area contributed by atoms with Crippen LogP contribution in [0.5, 0.6) is 5.88 Å².